The lowest BCUT2D eigenvalue weighted by Gasteiger charge is -2.09. The highest BCUT2D eigenvalue weighted by Gasteiger charge is 1.98. The van der Waals surface area contributed by atoms with Gasteiger partial charge in [-0.3, -0.25) is 0 Å². The van der Waals surface area contributed by atoms with Gasteiger partial charge in [0.1, 0.15) is 5.75 Å². The van der Waals surface area contributed by atoms with Crippen LogP contribution in [0.1, 0.15) is 18.4 Å². The lowest BCUT2D eigenvalue weighted by atomic mass is 10.2. The maximum absolute atomic E-state index is 9.54. The molecule has 90 valence electrons. The number of hydrogen-bond donors (Lipinski definition) is 2. The third kappa shape index (κ3) is 5.14. The Labute approximate surface area is 98.1 Å². The first-order valence-corrected chi connectivity index (χ1v) is 5.82. The summed E-state index contributed by atoms with van der Waals surface area (Å²) < 4.78 is 0. The van der Waals surface area contributed by atoms with E-state index >= 15 is 0 Å². The molecule has 0 aliphatic rings. The SMILES string of the molecule is CN(C)CCCCNCc1ccccc1O. The van der Waals surface area contributed by atoms with Crippen molar-refractivity contribution in [2.45, 2.75) is 19.4 Å². The topological polar surface area (TPSA) is 35.5 Å². The maximum atomic E-state index is 9.54. The van der Waals surface area contributed by atoms with Crippen molar-refractivity contribution in [3.63, 3.8) is 0 Å². The van der Waals surface area contributed by atoms with Gasteiger partial charge in [0, 0.05) is 12.1 Å². The zero-order chi connectivity index (χ0) is 11.8. The fourth-order valence-electron chi connectivity index (χ4n) is 1.56. The van der Waals surface area contributed by atoms with Gasteiger partial charge in [0.05, 0.1) is 0 Å². The van der Waals surface area contributed by atoms with Gasteiger partial charge in [0.2, 0.25) is 0 Å². The first-order valence-electron chi connectivity index (χ1n) is 5.82. The number of nitrogens with one attached hydrogen (secondary N) is 1. The van der Waals surface area contributed by atoms with Gasteiger partial charge in [0.25, 0.3) is 0 Å². The Kier molecular flexibility index (Phi) is 5.90. The molecule has 16 heavy (non-hydrogen) atoms. The van der Waals surface area contributed by atoms with Crippen molar-refractivity contribution < 1.29 is 5.11 Å². The predicted octanol–water partition coefficient (Wildman–Crippen LogP) is 1.82. The van der Waals surface area contributed by atoms with Crippen LogP contribution in [0.5, 0.6) is 5.75 Å². The van der Waals surface area contributed by atoms with E-state index in [0.717, 1.165) is 25.2 Å². The summed E-state index contributed by atoms with van der Waals surface area (Å²) in [5, 5.41) is 12.9. The van der Waals surface area contributed by atoms with Crippen LogP contribution in [-0.4, -0.2) is 37.2 Å². The van der Waals surface area contributed by atoms with Gasteiger partial charge in [-0.2, -0.15) is 0 Å². The van der Waals surface area contributed by atoms with E-state index < -0.39 is 0 Å². The van der Waals surface area contributed by atoms with Crippen LogP contribution in [0.25, 0.3) is 0 Å². The molecule has 0 saturated carbocycles. The van der Waals surface area contributed by atoms with E-state index in [0.29, 0.717) is 5.75 Å². The summed E-state index contributed by atoms with van der Waals surface area (Å²) in [6.45, 7) is 2.88. The lowest BCUT2D eigenvalue weighted by Crippen LogP contribution is -2.18. The minimum Gasteiger partial charge on any atom is -0.508 e. The largest absolute Gasteiger partial charge is 0.508 e. The third-order valence-corrected chi connectivity index (χ3v) is 2.52. The molecule has 0 aliphatic carbocycles. The summed E-state index contributed by atoms with van der Waals surface area (Å²) >= 11 is 0. The molecule has 0 aromatic heterocycles. The Morgan fingerprint density at radius 2 is 1.94 bits per heavy atom. The van der Waals surface area contributed by atoms with Crippen LogP contribution in [0.3, 0.4) is 0 Å². The number of phenolic OH excluding ortho intramolecular Hbond substituents is 1. The van der Waals surface area contributed by atoms with E-state index in [2.05, 4.69) is 24.3 Å². The van der Waals surface area contributed by atoms with Crippen molar-refractivity contribution >= 4 is 0 Å². The van der Waals surface area contributed by atoms with Crippen LogP contribution in [0.2, 0.25) is 0 Å². The number of aromatic hydroxyl groups is 1. The van der Waals surface area contributed by atoms with E-state index in [9.17, 15) is 5.11 Å². The smallest absolute Gasteiger partial charge is 0.120 e. The molecule has 0 unspecified atom stereocenters. The second-order valence-electron chi connectivity index (χ2n) is 4.32. The summed E-state index contributed by atoms with van der Waals surface area (Å²) in [6.07, 6.45) is 2.38. The number of para-hydroxylation sites is 1. The fourth-order valence-corrected chi connectivity index (χ4v) is 1.56. The molecule has 1 aromatic rings. The summed E-state index contributed by atoms with van der Waals surface area (Å²) in [7, 11) is 4.19. The first kappa shape index (κ1) is 13.0. The molecule has 1 aromatic carbocycles. The monoisotopic (exact) mass is 222 g/mol. The highest BCUT2D eigenvalue weighted by atomic mass is 16.3. The van der Waals surface area contributed by atoms with Gasteiger partial charge >= 0.3 is 0 Å². The Morgan fingerprint density at radius 3 is 2.62 bits per heavy atom. The molecular weight excluding hydrogens is 200 g/mol. The van der Waals surface area contributed by atoms with Gasteiger partial charge in [-0.1, -0.05) is 18.2 Å². The number of hydrogen-bond acceptors (Lipinski definition) is 3. The highest BCUT2D eigenvalue weighted by Crippen LogP contribution is 2.14. The number of unbranched alkanes of at least 4 members (excludes halogenated alkanes) is 1. The van der Waals surface area contributed by atoms with Gasteiger partial charge in [0.15, 0.2) is 0 Å². The average Bonchev–Trinajstić information content (AvgIpc) is 2.25. The van der Waals surface area contributed by atoms with Gasteiger partial charge < -0.3 is 15.3 Å². The second kappa shape index (κ2) is 7.25. The molecule has 1 rings (SSSR count). The first-order chi connectivity index (χ1) is 7.70. The minimum atomic E-state index is 0.378. The highest BCUT2D eigenvalue weighted by molar-refractivity contribution is 5.31. The molecule has 0 saturated heterocycles. The average molecular weight is 222 g/mol. The van der Waals surface area contributed by atoms with Crippen LogP contribution < -0.4 is 5.32 Å². The zero-order valence-electron chi connectivity index (χ0n) is 10.2. The van der Waals surface area contributed by atoms with Gasteiger partial charge in [-0.15, -0.1) is 0 Å². The van der Waals surface area contributed by atoms with Crippen LogP contribution in [0.15, 0.2) is 24.3 Å². The van der Waals surface area contributed by atoms with E-state index in [1.807, 2.05) is 18.2 Å². The summed E-state index contributed by atoms with van der Waals surface area (Å²) in [5.74, 6) is 0.378. The van der Waals surface area contributed by atoms with Crippen molar-refractivity contribution in [1.82, 2.24) is 10.2 Å². The van der Waals surface area contributed by atoms with Crippen LogP contribution in [0.4, 0.5) is 0 Å². The zero-order valence-corrected chi connectivity index (χ0v) is 10.2. The molecule has 0 fully saturated rings. The molecule has 2 N–H and O–H groups in total. The van der Waals surface area contributed by atoms with Gasteiger partial charge in [-0.25, -0.2) is 0 Å². The number of rotatable bonds is 7. The number of phenols is 1. The molecule has 0 atom stereocenters. The molecule has 3 heteroatoms. The van der Waals surface area contributed by atoms with Gasteiger partial charge in [-0.05, 0) is 46.1 Å². The van der Waals surface area contributed by atoms with E-state index in [1.54, 1.807) is 6.07 Å². The van der Waals surface area contributed by atoms with Crippen molar-refractivity contribution in [2.75, 3.05) is 27.2 Å². The molecule has 0 aliphatic heterocycles. The van der Waals surface area contributed by atoms with Crippen molar-refractivity contribution in [3.8, 4) is 5.75 Å². The Bertz CT molecular complexity index is 300. The lowest BCUT2D eigenvalue weighted by molar-refractivity contribution is 0.391. The quantitative estimate of drug-likeness (QED) is 0.691. The second-order valence-corrected chi connectivity index (χ2v) is 4.32. The summed E-state index contributed by atoms with van der Waals surface area (Å²) in [6, 6.07) is 7.46. The fraction of sp³-hybridized carbons (Fsp3) is 0.538. The van der Waals surface area contributed by atoms with Crippen LogP contribution in [0, 0.1) is 0 Å². The third-order valence-electron chi connectivity index (χ3n) is 2.52. The summed E-state index contributed by atoms with van der Waals surface area (Å²) in [5.41, 5.74) is 0.968. The molecular formula is C13H22N2O. The van der Waals surface area contributed by atoms with Crippen LogP contribution in [-0.2, 0) is 6.54 Å². The normalized spacial score (nSPS) is 10.9. The van der Waals surface area contributed by atoms with E-state index in [-0.39, 0.29) is 0 Å². The van der Waals surface area contributed by atoms with E-state index in [4.69, 9.17) is 0 Å². The Hall–Kier alpha value is -1.06. The molecule has 0 spiro atoms. The Balaban J connectivity index is 2.10. The molecule has 0 bridgehead atoms. The van der Waals surface area contributed by atoms with Crippen molar-refractivity contribution in [2.24, 2.45) is 0 Å². The molecule has 3 nitrogen and oxygen atoms in total. The number of benzene rings is 1. The molecule has 0 radical (unpaired) electrons. The summed E-state index contributed by atoms with van der Waals surface area (Å²) in [4.78, 5) is 2.20. The number of nitrogens with zero attached hydrogens (tertiary/aromatic N) is 1. The maximum Gasteiger partial charge on any atom is 0.120 e. The minimum absolute atomic E-state index is 0.378. The molecule has 0 heterocycles. The predicted molar refractivity (Wildman–Crippen MR) is 67.6 cm³/mol. The Morgan fingerprint density at radius 1 is 1.19 bits per heavy atom. The van der Waals surface area contributed by atoms with E-state index in [1.165, 1.54) is 12.8 Å². The standard InChI is InChI=1S/C13H22N2O/c1-15(2)10-6-5-9-14-11-12-7-3-4-8-13(12)16/h3-4,7-8,14,16H,5-6,9-11H2,1-2H3. The van der Waals surface area contributed by atoms with Crippen molar-refractivity contribution in [1.29, 1.82) is 0 Å². The van der Waals surface area contributed by atoms with Crippen LogP contribution >= 0.6 is 0 Å². The molecule has 0 amide bonds. The van der Waals surface area contributed by atoms with Crippen molar-refractivity contribution in [3.05, 3.63) is 29.8 Å².